The van der Waals surface area contributed by atoms with Gasteiger partial charge in [-0.2, -0.15) is 0 Å². The van der Waals surface area contributed by atoms with E-state index in [2.05, 4.69) is 5.32 Å². The molecular formula is C22H29N3O4. The van der Waals surface area contributed by atoms with Crippen molar-refractivity contribution in [1.29, 1.82) is 0 Å². The smallest absolute Gasteiger partial charge is 0.227 e. The van der Waals surface area contributed by atoms with Crippen molar-refractivity contribution in [2.45, 2.75) is 38.6 Å². The number of carbonyl (C=O) groups is 3. The van der Waals surface area contributed by atoms with Crippen LogP contribution in [0.2, 0.25) is 0 Å². The Morgan fingerprint density at radius 3 is 2.41 bits per heavy atom. The second-order valence-corrected chi connectivity index (χ2v) is 8.58. The lowest BCUT2D eigenvalue weighted by atomic mass is 9.91. The van der Waals surface area contributed by atoms with Gasteiger partial charge < -0.3 is 20.7 Å². The van der Waals surface area contributed by atoms with Gasteiger partial charge in [0.15, 0.2) is 5.78 Å². The van der Waals surface area contributed by atoms with E-state index in [1.54, 1.807) is 36.1 Å². The molecule has 4 rings (SSSR count). The van der Waals surface area contributed by atoms with Crippen LogP contribution < -0.4 is 11.1 Å². The zero-order chi connectivity index (χ0) is 20.6. The monoisotopic (exact) mass is 399 g/mol. The summed E-state index contributed by atoms with van der Waals surface area (Å²) in [6, 6.07) is 7.00. The number of Topliss-reactive ketones (excluding diaryl/α,β-unsaturated/α-hetero) is 1. The number of nitrogens with two attached hydrogens (primary N) is 1. The van der Waals surface area contributed by atoms with Crippen molar-refractivity contribution in [3.8, 4) is 0 Å². The lowest BCUT2D eigenvalue weighted by Crippen LogP contribution is -2.43. The maximum atomic E-state index is 13.4. The number of ketones is 1. The number of carbonyl (C=O) groups excluding carboxylic acids is 3. The predicted molar refractivity (Wildman–Crippen MR) is 108 cm³/mol. The molecule has 7 nitrogen and oxygen atoms in total. The van der Waals surface area contributed by atoms with Crippen LogP contribution in [0.3, 0.4) is 0 Å². The van der Waals surface area contributed by atoms with E-state index in [1.165, 1.54) is 0 Å². The van der Waals surface area contributed by atoms with Crippen molar-refractivity contribution in [2.75, 3.05) is 32.0 Å². The van der Waals surface area contributed by atoms with Crippen LogP contribution in [0.1, 0.15) is 43.0 Å². The number of nitrogens with one attached hydrogen (secondary N) is 1. The minimum absolute atomic E-state index is 0.134. The zero-order valence-electron chi connectivity index (χ0n) is 16.9. The topological polar surface area (TPSA) is 102 Å². The standard InChI is InChI=1S/C22H29N3O4/c1-22(19(26)15-8-4-5-9-16(15)23)17(20(27)24-14-6-2-3-7-14)18(22)21(28)25-10-12-29-13-11-25/h4-5,8-9,14,17-18H,2-3,6-7,10-13,23H2,1H3,(H,24,27)/t17-,18+,22+/m1/s1. The van der Waals surface area contributed by atoms with E-state index in [4.69, 9.17) is 10.5 Å². The van der Waals surface area contributed by atoms with Crippen LogP contribution in [0.5, 0.6) is 0 Å². The van der Waals surface area contributed by atoms with Gasteiger partial charge in [-0.15, -0.1) is 0 Å². The molecule has 7 heteroatoms. The molecule has 1 aliphatic heterocycles. The van der Waals surface area contributed by atoms with E-state index in [0.717, 1.165) is 25.7 Å². The van der Waals surface area contributed by atoms with E-state index in [0.29, 0.717) is 37.6 Å². The van der Waals surface area contributed by atoms with E-state index >= 15 is 0 Å². The van der Waals surface area contributed by atoms with Crippen molar-refractivity contribution in [1.82, 2.24) is 10.2 Å². The molecule has 1 saturated heterocycles. The summed E-state index contributed by atoms with van der Waals surface area (Å²) >= 11 is 0. The minimum Gasteiger partial charge on any atom is -0.398 e. The van der Waals surface area contributed by atoms with Crippen molar-refractivity contribution in [3.63, 3.8) is 0 Å². The predicted octanol–water partition coefficient (Wildman–Crippen LogP) is 1.62. The summed E-state index contributed by atoms with van der Waals surface area (Å²) < 4.78 is 5.34. The first-order chi connectivity index (χ1) is 13.9. The van der Waals surface area contributed by atoms with Gasteiger partial charge in [-0.1, -0.05) is 31.9 Å². The molecule has 0 bridgehead atoms. The van der Waals surface area contributed by atoms with Gasteiger partial charge in [-0.3, -0.25) is 14.4 Å². The van der Waals surface area contributed by atoms with Crippen LogP contribution in [0.25, 0.3) is 0 Å². The highest BCUT2D eigenvalue weighted by Crippen LogP contribution is 2.61. The Hall–Kier alpha value is -2.41. The molecule has 3 atom stereocenters. The van der Waals surface area contributed by atoms with Gasteiger partial charge in [-0.05, 0) is 25.0 Å². The molecular weight excluding hydrogens is 370 g/mol. The van der Waals surface area contributed by atoms with Crippen molar-refractivity contribution < 1.29 is 19.1 Å². The Bertz CT molecular complexity index is 814. The molecule has 2 saturated carbocycles. The fourth-order valence-electron chi connectivity index (χ4n) is 4.95. The van der Waals surface area contributed by atoms with Gasteiger partial charge in [0.2, 0.25) is 11.8 Å². The Morgan fingerprint density at radius 1 is 1.10 bits per heavy atom. The van der Waals surface area contributed by atoms with Crippen LogP contribution in [-0.4, -0.2) is 54.8 Å². The molecule has 2 aliphatic carbocycles. The fraction of sp³-hybridized carbons (Fsp3) is 0.591. The van der Waals surface area contributed by atoms with Crippen LogP contribution in [-0.2, 0) is 14.3 Å². The molecule has 0 unspecified atom stereocenters. The quantitative estimate of drug-likeness (QED) is 0.579. The molecule has 3 N–H and O–H groups in total. The number of hydrogen-bond donors (Lipinski definition) is 2. The second-order valence-electron chi connectivity index (χ2n) is 8.58. The number of rotatable bonds is 5. The van der Waals surface area contributed by atoms with Crippen molar-refractivity contribution in [2.24, 2.45) is 17.3 Å². The van der Waals surface area contributed by atoms with Crippen LogP contribution in [0, 0.1) is 17.3 Å². The average Bonchev–Trinajstić information content (AvgIpc) is 3.07. The fourth-order valence-corrected chi connectivity index (χ4v) is 4.95. The zero-order valence-corrected chi connectivity index (χ0v) is 16.9. The van der Waals surface area contributed by atoms with E-state index in [1.807, 2.05) is 0 Å². The van der Waals surface area contributed by atoms with Gasteiger partial charge >= 0.3 is 0 Å². The lowest BCUT2D eigenvalue weighted by Gasteiger charge is -2.27. The number of amides is 2. The Balaban J connectivity index is 1.60. The number of morpholine rings is 1. The number of nitrogen functional groups attached to an aromatic ring is 1. The number of benzene rings is 1. The SMILES string of the molecule is C[C@@]1(C(=O)c2ccccc2N)[C@H](C(=O)N2CCOCC2)[C@@H]1C(=O)NC1CCCC1. The maximum absolute atomic E-state index is 13.4. The summed E-state index contributed by atoms with van der Waals surface area (Å²) in [7, 11) is 0. The van der Waals surface area contributed by atoms with E-state index < -0.39 is 17.3 Å². The summed E-state index contributed by atoms with van der Waals surface area (Å²) in [6.07, 6.45) is 4.11. The maximum Gasteiger partial charge on any atom is 0.227 e. The van der Waals surface area contributed by atoms with Crippen molar-refractivity contribution >= 4 is 23.3 Å². The first-order valence-electron chi connectivity index (χ1n) is 10.5. The first-order valence-corrected chi connectivity index (χ1v) is 10.5. The number of hydrogen-bond acceptors (Lipinski definition) is 5. The number of nitrogens with zero attached hydrogens (tertiary/aromatic N) is 1. The van der Waals surface area contributed by atoms with Gasteiger partial charge in [-0.25, -0.2) is 0 Å². The minimum atomic E-state index is -1.08. The highest BCUT2D eigenvalue weighted by atomic mass is 16.5. The van der Waals surface area contributed by atoms with Gasteiger partial charge in [0.05, 0.1) is 30.5 Å². The third-order valence-electron chi connectivity index (χ3n) is 6.78. The van der Waals surface area contributed by atoms with Crippen molar-refractivity contribution in [3.05, 3.63) is 29.8 Å². The first kappa shape index (κ1) is 19.9. The summed E-state index contributed by atoms with van der Waals surface area (Å²) in [4.78, 5) is 41.5. The molecule has 1 aromatic rings. The van der Waals surface area contributed by atoms with Crippen LogP contribution >= 0.6 is 0 Å². The largest absolute Gasteiger partial charge is 0.398 e. The Kier molecular flexibility index (Phi) is 5.34. The molecule has 0 spiro atoms. The highest BCUT2D eigenvalue weighted by molar-refractivity contribution is 6.14. The molecule has 3 aliphatic rings. The third-order valence-corrected chi connectivity index (χ3v) is 6.78. The molecule has 1 aromatic carbocycles. The third kappa shape index (κ3) is 3.52. The number of ether oxygens (including phenoxy) is 1. The van der Waals surface area contributed by atoms with E-state index in [9.17, 15) is 14.4 Å². The van der Waals surface area contributed by atoms with E-state index in [-0.39, 0.29) is 23.6 Å². The molecule has 0 aromatic heterocycles. The highest BCUT2D eigenvalue weighted by Gasteiger charge is 2.73. The van der Waals surface area contributed by atoms with Crippen LogP contribution in [0.4, 0.5) is 5.69 Å². The Morgan fingerprint density at radius 2 is 1.76 bits per heavy atom. The second kappa shape index (κ2) is 7.78. The molecule has 2 amide bonds. The molecule has 29 heavy (non-hydrogen) atoms. The summed E-state index contributed by atoms with van der Waals surface area (Å²) in [5, 5.41) is 3.09. The van der Waals surface area contributed by atoms with Gasteiger partial charge in [0, 0.05) is 30.4 Å². The lowest BCUT2D eigenvalue weighted by molar-refractivity contribution is -0.138. The molecule has 3 fully saturated rings. The summed E-state index contributed by atoms with van der Waals surface area (Å²) in [5.74, 6) is -1.87. The summed E-state index contributed by atoms with van der Waals surface area (Å²) in [5.41, 5.74) is 5.71. The molecule has 156 valence electrons. The molecule has 0 radical (unpaired) electrons. The average molecular weight is 399 g/mol. The Labute approximate surface area is 171 Å². The van der Waals surface area contributed by atoms with Gasteiger partial charge in [0.1, 0.15) is 0 Å². The van der Waals surface area contributed by atoms with Gasteiger partial charge in [0.25, 0.3) is 0 Å². The number of para-hydroxylation sites is 1. The summed E-state index contributed by atoms with van der Waals surface area (Å²) in [6.45, 7) is 3.68. The molecule has 1 heterocycles. The number of anilines is 1. The van der Waals surface area contributed by atoms with Crippen LogP contribution in [0.15, 0.2) is 24.3 Å². The normalized spacial score (nSPS) is 29.5.